The number of hydrogen-bond donors (Lipinski definition) is 2. The summed E-state index contributed by atoms with van der Waals surface area (Å²) in [7, 11) is 3.36. The van der Waals surface area contributed by atoms with Crippen LogP contribution in [-0.2, 0) is 17.6 Å². The lowest BCUT2D eigenvalue weighted by Gasteiger charge is -2.38. The first-order valence-electron chi connectivity index (χ1n) is 11.7. The summed E-state index contributed by atoms with van der Waals surface area (Å²) >= 11 is 3.28. The maximum Gasteiger partial charge on any atom is 0.407 e. The predicted octanol–water partition coefficient (Wildman–Crippen LogP) is 4.20. The van der Waals surface area contributed by atoms with Gasteiger partial charge < -0.3 is 24.6 Å². The third-order valence-corrected chi connectivity index (χ3v) is 8.34. The van der Waals surface area contributed by atoms with Crippen LogP contribution >= 0.6 is 15.9 Å². The van der Waals surface area contributed by atoms with E-state index in [-0.39, 0.29) is 52.6 Å². The van der Waals surface area contributed by atoms with Gasteiger partial charge in [-0.05, 0) is 52.9 Å². The number of pyridine rings is 1. The number of halogens is 2. The highest BCUT2D eigenvalue weighted by molar-refractivity contribution is 9.10. The van der Waals surface area contributed by atoms with Crippen LogP contribution in [0, 0.1) is 23.1 Å². The summed E-state index contributed by atoms with van der Waals surface area (Å²) in [5.74, 6) is -0.933. The lowest BCUT2D eigenvalue weighted by molar-refractivity contribution is -0.128. The first-order chi connectivity index (χ1) is 17.1. The lowest BCUT2D eigenvalue weighted by atomic mass is 9.79. The smallest absolute Gasteiger partial charge is 0.407 e. The van der Waals surface area contributed by atoms with E-state index in [0.717, 1.165) is 12.1 Å². The van der Waals surface area contributed by atoms with E-state index in [2.05, 4.69) is 27.0 Å². The second-order valence-electron chi connectivity index (χ2n) is 9.70. The number of carbonyl (C=O) groups excluding carboxylic acids is 1. The van der Waals surface area contributed by atoms with Crippen LogP contribution in [0.25, 0.3) is 21.8 Å². The van der Waals surface area contributed by atoms with E-state index in [4.69, 9.17) is 5.26 Å². The summed E-state index contributed by atoms with van der Waals surface area (Å²) in [4.78, 5) is 31.3. The fourth-order valence-corrected chi connectivity index (χ4v) is 6.21. The number of benzene rings is 1. The fraction of sp³-hybridized carbons (Fsp3) is 0.440. The third-order valence-electron chi connectivity index (χ3n) is 7.48. The molecule has 2 aromatic heterocycles. The molecule has 1 aliphatic carbocycles. The molecule has 188 valence electrons. The molecule has 0 radical (unpaired) electrons. The highest BCUT2D eigenvalue weighted by Crippen LogP contribution is 2.52. The summed E-state index contributed by atoms with van der Waals surface area (Å²) in [6, 6.07) is 5.21. The van der Waals surface area contributed by atoms with Crippen LogP contribution < -0.4 is 0 Å². The molecule has 4 heterocycles. The molecule has 2 saturated heterocycles. The van der Waals surface area contributed by atoms with Crippen molar-refractivity contribution < 1.29 is 24.2 Å². The SMILES string of the molecule is CN(C)C(=O)CCc1cc2c(O)nc3c(F)c(Br)c(CCC#N)cc3c2n1[C@H]1[C@@H]2C[C@H]1N(C(=O)O)C2. The van der Waals surface area contributed by atoms with Gasteiger partial charge in [-0.15, -0.1) is 0 Å². The summed E-state index contributed by atoms with van der Waals surface area (Å²) in [5.41, 5.74) is 1.93. The number of amides is 2. The summed E-state index contributed by atoms with van der Waals surface area (Å²) in [5, 5.41) is 30.5. The normalized spacial score (nSPS) is 20.5. The average molecular weight is 558 g/mol. The molecule has 2 aliphatic heterocycles. The zero-order chi connectivity index (χ0) is 25.9. The zero-order valence-electron chi connectivity index (χ0n) is 19.8. The second kappa shape index (κ2) is 8.92. The van der Waals surface area contributed by atoms with Gasteiger partial charge in [0.1, 0.15) is 5.52 Å². The Balaban J connectivity index is 1.76. The number of fused-ring (bicyclic) bond motifs is 4. The molecule has 3 atom stereocenters. The lowest BCUT2D eigenvalue weighted by Crippen LogP contribution is -2.42. The molecule has 1 saturated carbocycles. The summed E-state index contributed by atoms with van der Waals surface area (Å²) in [6.07, 6.45) is 0.892. The van der Waals surface area contributed by atoms with E-state index in [0.29, 0.717) is 41.2 Å². The summed E-state index contributed by atoms with van der Waals surface area (Å²) < 4.78 is 17.7. The minimum atomic E-state index is -0.978. The number of aryl methyl sites for hydroxylation is 2. The number of hydrogen-bond acceptors (Lipinski definition) is 5. The van der Waals surface area contributed by atoms with Crippen molar-refractivity contribution in [3.63, 3.8) is 0 Å². The van der Waals surface area contributed by atoms with E-state index in [1.807, 2.05) is 4.57 Å². The minimum Gasteiger partial charge on any atom is -0.493 e. The largest absolute Gasteiger partial charge is 0.493 e. The molecule has 36 heavy (non-hydrogen) atoms. The van der Waals surface area contributed by atoms with Crippen molar-refractivity contribution in [1.29, 1.82) is 5.26 Å². The topological polar surface area (TPSA) is 123 Å². The molecule has 11 heteroatoms. The van der Waals surface area contributed by atoms with Crippen LogP contribution in [0.5, 0.6) is 5.88 Å². The molecule has 3 aliphatic rings. The Labute approximate surface area is 214 Å². The average Bonchev–Trinajstić information content (AvgIpc) is 3.53. The quantitative estimate of drug-likeness (QED) is 0.468. The minimum absolute atomic E-state index is 0.00962. The van der Waals surface area contributed by atoms with Crippen LogP contribution in [0.3, 0.4) is 0 Å². The third kappa shape index (κ3) is 3.66. The van der Waals surface area contributed by atoms with Crippen molar-refractivity contribution in [3.8, 4) is 11.9 Å². The molecule has 6 rings (SSSR count). The second-order valence-corrected chi connectivity index (χ2v) is 10.5. The molecule has 2 bridgehead atoms. The van der Waals surface area contributed by atoms with Gasteiger partial charge in [-0.25, -0.2) is 14.2 Å². The van der Waals surface area contributed by atoms with Crippen LogP contribution in [0.1, 0.15) is 36.6 Å². The van der Waals surface area contributed by atoms with Gasteiger partial charge in [0.2, 0.25) is 11.8 Å². The number of aromatic hydroxyl groups is 1. The molecule has 9 nitrogen and oxygen atoms in total. The van der Waals surface area contributed by atoms with Crippen molar-refractivity contribution in [2.45, 2.75) is 44.2 Å². The van der Waals surface area contributed by atoms with E-state index < -0.39 is 11.9 Å². The monoisotopic (exact) mass is 557 g/mol. The van der Waals surface area contributed by atoms with Crippen LogP contribution in [-0.4, -0.2) is 68.2 Å². The number of carboxylic acid groups (broad SMARTS) is 1. The maximum atomic E-state index is 15.5. The van der Waals surface area contributed by atoms with Gasteiger partial charge in [-0.3, -0.25) is 4.79 Å². The Morgan fingerprint density at radius 2 is 2.06 bits per heavy atom. The first-order valence-corrected chi connectivity index (χ1v) is 12.5. The highest BCUT2D eigenvalue weighted by Gasteiger charge is 2.55. The number of nitriles is 1. The van der Waals surface area contributed by atoms with Crippen molar-refractivity contribution in [2.24, 2.45) is 5.92 Å². The first kappa shape index (κ1) is 24.3. The van der Waals surface area contributed by atoms with Crippen molar-refractivity contribution >= 4 is 49.7 Å². The molecule has 2 amide bonds. The number of rotatable bonds is 6. The summed E-state index contributed by atoms with van der Waals surface area (Å²) in [6.45, 7) is 0.405. The molecule has 3 fully saturated rings. The van der Waals surface area contributed by atoms with Crippen molar-refractivity contribution in [1.82, 2.24) is 19.4 Å². The number of nitrogens with zero attached hydrogens (tertiary/aromatic N) is 5. The Kier molecular flexibility index (Phi) is 6.03. The Bertz CT molecular complexity index is 1460. The van der Waals surface area contributed by atoms with Crippen molar-refractivity contribution in [3.05, 3.63) is 33.7 Å². The van der Waals surface area contributed by atoms with E-state index in [9.17, 15) is 19.8 Å². The van der Waals surface area contributed by atoms with Crippen LogP contribution in [0.2, 0.25) is 0 Å². The number of carbonyl (C=O) groups is 2. The van der Waals surface area contributed by atoms with E-state index in [1.54, 1.807) is 26.2 Å². The van der Waals surface area contributed by atoms with Gasteiger partial charge in [0.15, 0.2) is 5.82 Å². The molecule has 2 N–H and O–H groups in total. The highest BCUT2D eigenvalue weighted by atomic mass is 79.9. The zero-order valence-corrected chi connectivity index (χ0v) is 21.4. The fourth-order valence-electron chi connectivity index (χ4n) is 5.70. The van der Waals surface area contributed by atoms with Gasteiger partial charge in [0, 0.05) is 50.5 Å². The maximum absolute atomic E-state index is 15.5. The van der Waals surface area contributed by atoms with Crippen LogP contribution in [0.15, 0.2) is 16.6 Å². The van der Waals surface area contributed by atoms with E-state index in [1.165, 1.54) is 9.80 Å². The molecular weight excluding hydrogens is 533 g/mol. The van der Waals surface area contributed by atoms with Gasteiger partial charge in [-0.2, -0.15) is 5.26 Å². The molecule has 1 aromatic carbocycles. The van der Waals surface area contributed by atoms with Gasteiger partial charge in [0.25, 0.3) is 0 Å². The standard InChI is InChI=1S/C25H25BrFN5O4/c1-30(2)18(33)6-5-14-10-16-23(32(14)22-13-9-17(22)31(11-13)25(35)36)15-8-12(4-3-7-28)19(26)20(27)21(15)29-24(16)34/h8,10,13,17,22H,3-6,9,11H2,1-2H3,(H,29,34)(H,35,36)/t13-,17-,22+/m1/s1. The van der Waals surface area contributed by atoms with E-state index >= 15 is 4.39 Å². The van der Waals surface area contributed by atoms with Gasteiger partial charge in [-0.1, -0.05) is 0 Å². The van der Waals surface area contributed by atoms with Crippen LogP contribution in [0.4, 0.5) is 9.18 Å². The molecule has 3 aromatic rings. The van der Waals surface area contributed by atoms with Gasteiger partial charge in [0.05, 0.1) is 33.5 Å². The molecule has 0 spiro atoms. The van der Waals surface area contributed by atoms with Crippen molar-refractivity contribution in [2.75, 3.05) is 20.6 Å². The molecule has 0 unspecified atom stereocenters. The Morgan fingerprint density at radius 1 is 1.31 bits per heavy atom. The predicted molar refractivity (Wildman–Crippen MR) is 133 cm³/mol. The number of aromatic nitrogens is 2. The Hall–Kier alpha value is -3.39. The molecular formula is C25H25BrFN5O4. The Morgan fingerprint density at radius 3 is 2.69 bits per heavy atom. The van der Waals surface area contributed by atoms with Gasteiger partial charge >= 0.3 is 6.09 Å².